The molecule has 3 aromatic rings. The van der Waals surface area contributed by atoms with Gasteiger partial charge in [0, 0.05) is 22.3 Å². The van der Waals surface area contributed by atoms with Crippen molar-refractivity contribution in [2.75, 3.05) is 5.32 Å². The van der Waals surface area contributed by atoms with E-state index in [0.29, 0.717) is 10.6 Å². The Bertz CT molecular complexity index is 1150. The second kappa shape index (κ2) is 7.48. The van der Waals surface area contributed by atoms with Crippen LogP contribution in [0.1, 0.15) is 60.1 Å². The van der Waals surface area contributed by atoms with E-state index in [-0.39, 0.29) is 11.3 Å². The fourth-order valence-corrected chi connectivity index (χ4v) is 7.15. The number of carbonyl (C=O) groups excluding carboxylic acids is 1. The van der Waals surface area contributed by atoms with Gasteiger partial charge in [-0.05, 0) is 93.0 Å². The van der Waals surface area contributed by atoms with E-state index in [4.69, 9.17) is 16.7 Å². The molecule has 4 aliphatic carbocycles. The molecule has 4 fully saturated rings. The van der Waals surface area contributed by atoms with Crippen LogP contribution in [0, 0.1) is 24.7 Å². The van der Waals surface area contributed by atoms with E-state index < -0.39 is 0 Å². The monoisotopic (exact) mass is 445 g/mol. The van der Waals surface area contributed by atoms with Crippen molar-refractivity contribution in [3.05, 3.63) is 76.6 Å². The number of rotatable bonds is 4. The zero-order valence-corrected chi connectivity index (χ0v) is 19.1. The van der Waals surface area contributed by atoms with Gasteiger partial charge in [-0.1, -0.05) is 35.9 Å². The third-order valence-corrected chi connectivity index (χ3v) is 8.45. The summed E-state index contributed by atoms with van der Waals surface area (Å²) in [5, 5.41) is 8.89. The van der Waals surface area contributed by atoms with Crippen LogP contribution in [0.15, 0.2) is 54.7 Å². The van der Waals surface area contributed by atoms with Crippen molar-refractivity contribution in [2.24, 2.45) is 17.8 Å². The summed E-state index contributed by atoms with van der Waals surface area (Å²) < 4.78 is 1.90. The molecule has 5 heteroatoms. The number of anilines is 1. The van der Waals surface area contributed by atoms with E-state index in [1.165, 1.54) is 38.5 Å². The minimum absolute atomic E-state index is 0.0326. The molecule has 2 aromatic carbocycles. The molecule has 164 valence electrons. The Morgan fingerprint density at radius 3 is 2.31 bits per heavy atom. The number of nitrogens with one attached hydrogen (secondary N) is 1. The lowest BCUT2D eigenvalue weighted by atomic mass is 9.48. The molecule has 1 amide bonds. The largest absolute Gasteiger partial charge is 0.322 e. The van der Waals surface area contributed by atoms with Crippen LogP contribution in [-0.4, -0.2) is 15.7 Å². The molecule has 0 aliphatic heterocycles. The maximum atomic E-state index is 13.6. The Morgan fingerprint density at radius 1 is 1.00 bits per heavy atom. The van der Waals surface area contributed by atoms with Crippen LogP contribution in [0.2, 0.25) is 5.02 Å². The van der Waals surface area contributed by atoms with Crippen molar-refractivity contribution in [1.29, 1.82) is 0 Å². The van der Waals surface area contributed by atoms with Gasteiger partial charge < -0.3 is 5.32 Å². The first-order chi connectivity index (χ1) is 15.5. The standard InChI is InChI=1S/C27H28ClN3O/c1-17-23(28)8-5-9-24(17)29-26(32)22-16-31(21-6-3-2-4-7-21)30-25(22)27-13-18-10-19(14-27)12-20(11-18)15-27/h2-9,16,18-20H,10-15H2,1H3,(H,29,32). The maximum Gasteiger partial charge on any atom is 0.259 e. The van der Waals surface area contributed by atoms with E-state index in [1.807, 2.05) is 66.3 Å². The van der Waals surface area contributed by atoms with Crippen LogP contribution < -0.4 is 5.32 Å². The molecule has 4 nitrogen and oxygen atoms in total. The number of amides is 1. The molecule has 1 heterocycles. The number of carbonyl (C=O) groups is 1. The van der Waals surface area contributed by atoms with Crippen molar-refractivity contribution < 1.29 is 4.79 Å². The van der Waals surface area contributed by atoms with E-state index >= 15 is 0 Å². The van der Waals surface area contributed by atoms with Crippen LogP contribution in [0.5, 0.6) is 0 Å². The summed E-state index contributed by atoms with van der Waals surface area (Å²) in [7, 11) is 0. The highest BCUT2D eigenvalue weighted by Crippen LogP contribution is 2.60. The Labute approximate surface area is 194 Å². The second-order valence-corrected chi connectivity index (χ2v) is 10.6. The summed E-state index contributed by atoms with van der Waals surface area (Å²) in [5.41, 5.74) is 4.36. The SMILES string of the molecule is Cc1c(Cl)cccc1NC(=O)c1cn(-c2ccccc2)nc1C12CC3CC(CC(C3)C1)C2. The molecule has 7 rings (SSSR count). The molecule has 0 unspecified atom stereocenters. The summed E-state index contributed by atoms with van der Waals surface area (Å²) in [5.74, 6) is 2.26. The lowest BCUT2D eigenvalue weighted by molar-refractivity contribution is -0.00765. The first kappa shape index (κ1) is 20.0. The third-order valence-electron chi connectivity index (χ3n) is 8.04. The lowest BCUT2D eigenvalue weighted by Crippen LogP contribution is -2.49. The predicted molar refractivity (Wildman–Crippen MR) is 128 cm³/mol. The van der Waals surface area contributed by atoms with Crippen LogP contribution in [0.3, 0.4) is 0 Å². The van der Waals surface area contributed by atoms with Crippen LogP contribution >= 0.6 is 11.6 Å². The van der Waals surface area contributed by atoms with Crippen LogP contribution in [0.4, 0.5) is 5.69 Å². The third kappa shape index (κ3) is 3.27. The topological polar surface area (TPSA) is 46.9 Å². The zero-order chi connectivity index (χ0) is 21.9. The van der Waals surface area contributed by atoms with Crippen molar-refractivity contribution >= 4 is 23.2 Å². The van der Waals surface area contributed by atoms with Gasteiger partial charge in [-0.15, -0.1) is 0 Å². The summed E-state index contributed by atoms with van der Waals surface area (Å²) in [6.45, 7) is 1.94. The van der Waals surface area contributed by atoms with Gasteiger partial charge >= 0.3 is 0 Å². The van der Waals surface area contributed by atoms with Gasteiger partial charge in [0.1, 0.15) is 0 Å². The van der Waals surface area contributed by atoms with E-state index in [9.17, 15) is 4.79 Å². The van der Waals surface area contributed by atoms with Crippen molar-refractivity contribution in [1.82, 2.24) is 9.78 Å². The molecule has 0 saturated heterocycles. The molecule has 4 bridgehead atoms. The highest BCUT2D eigenvalue weighted by Gasteiger charge is 2.53. The Balaban J connectivity index is 1.43. The van der Waals surface area contributed by atoms with E-state index in [0.717, 1.165) is 40.4 Å². The van der Waals surface area contributed by atoms with Gasteiger partial charge in [0.15, 0.2) is 0 Å². The maximum absolute atomic E-state index is 13.6. The average molecular weight is 446 g/mol. The fraction of sp³-hybridized carbons (Fsp3) is 0.407. The molecule has 0 spiro atoms. The molecule has 1 N–H and O–H groups in total. The predicted octanol–water partition coefficient (Wildman–Crippen LogP) is 6.55. The second-order valence-electron chi connectivity index (χ2n) is 10.2. The number of nitrogens with zero attached hydrogens (tertiary/aromatic N) is 2. The van der Waals surface area contributed by atoms with Gasteiger partial charge in [0.25, 0.3) is 5.91 Å². The van der Waals surface area contributed by atoms with Crippen LogP contribution in [-0.2, 0) is 5.41 Å². The molecule has 0 atom stereocenters. The number of hydrogen-bond donors (Lipinski definition) is 1. The number of hydrogen-bond acceptors (Lipinski definition) is 2. The number of benzene rings is 2. The fourth-order valence-electron chi connectivity index (χ4n) is 6.98. The Morgan fingerprint density at radius 2 is 1.66 bits per heavy atom. The molecule has 0 radical (unpaired) electrons. The van der Waals surface area contributed by atoms with E-state index in [1.54, 1.807) is 0 Å². The number of aromatic nitrogens is 2. The molecular formula is C27H28ClN3O. The Kier molecular flexibility index (Phi) is 4.69. The highest BCUT2D eigenvalue weighted by molar-refractivity contribution is 6.31. The number of para-hydroxylation sites is 1. The first-order valence-electron chi connectivity index (χ1n) is 11.7. The van der Waals surface area contributed by atoms with Gasteiger partial charge in [-0.2, -0.15) is 5.10 Å². The summed E-state index contributed by atoms with van der Waals surface area (Å²) in [6, 6.07) is 15.7. The summed E-state index contributed by atoms with van der Waals surface area (Å²) >= 11 is 6.30. The van der Waals surface area contributed by atoms with E-state index in [2.05, 4.69) is 5.32 Å². The quantitative estimate of drug-likeness (QED) is 0.494. The summed E-state index contributed by atoms with van der Waals surface area (Å²) in [6.07, 6.45) is 9.52. The van der Waals surface area contributed by atoms with Gasteiger partial charge in [-0.3, -0.25) is 4.79 Å². The smallest absolute Gasteiger partial charge is 0.259 e. The minimum Gasteiger partial charge on any atom is -0.322 e. The van der Waals surface area contributed by atoms with Gasteiger partial charge in [0.2, 0.25) is 0 Å². The minimum atomic E-state index is -0.0942. The molecular weight excluding hydrogens is 418 g/mol. The average Bonchev–Trinajstić information content (AvgIpc) is 3.23. The van der Waals surface area contributed by atoms with Crippen molar-refractivity contribution in [3.63, 3.8) is 0 Å². The Hall–Kier alpha value is -2.59. The van der Waals surface area contributed by atoms with Gasteiger partial charge in [-0.25, -0.2) is 4.68 Å². The highest BCUT2D eigenvalue weighted by atomic mass is 35.5. The number of halogens is 1. The van der Waals surface area contributed by atoms with Gasteiger partial charge in [0.05, 0.1) is 16.9 Å². The van der Waals surface area contributed by atoms with Crippen molar-refractivity contribution in [3.8, 4) is 5.69 Å². The summed E-state index contributed by atoms with van der Waals surface area (Å²) in [4.78, 5) is 13.6. The first-order valence-corrected chi connectivity index (χ1v) is 12.1. The molecule has 4 aliphatic rings. The lowest BCUT2D eigenvalue weighted by Gasteiger charge is -2.56. The van der Waals surface area contributed by atoms with Crippen LogP contribution in [0.25, 0.3) is 5.69 Å². The molecule has 4 saturated carbocycles. The zero-order valence-electron chi connectivity index (χ0n) is 18.4. The molecule has 1 aromatic heterocycles. The normalized spacial score (nSPS) is 28.1. The molecule has 32 heavy (non-hydrogen) atoms. The van der Waals surface area contributed by atoms with Crippen molar-refractivity contribution in [2.45, 2.75) is 50.9 Å².